The highest BCUT2D eigenvalue weighted by Gasteiger charge is 2.25. The third-order valence-corrected chi connectivity index (χ3v) is 5.10. The van der Waals surface area contributed by atoms with Crippen molar-refractivity contribution in [3.8, 4) is 5.75 Å². The first kappa shape index (κ1) is 17.7. The maximum atomic E-state index is 13.5. The molecule has 1 aromatic carbocycles. The molecule has 1 atom stereocenters. The second kappa shape index (κ2) is 7.92. The lowest BCUT2D eigenvalue weighted by Gasteiger charge is -2.37. The van der Waals surface area contributed by atoms with E-state index in [2.05, 4.69) is 20.2 Å². The maximum absolute atomic E-state index is 13.5. The zero-order chi connectivity index (χ0) is 18.6. The fourth-order valence-corrected chi connectivity index (χ4v) is 3.74. The minimum absolute atomic E-state index is 0.233. The number of nitrogens with one attached hydrogen (secondary N) is 1. The van der Waals surface area contributed by atoms with Crippen LogP contribution in [0.25, 0.3) is 11.0 Å². The second-order valence-corrected chi connectivity index (χ2v) is 6.76. The zero-order valence-electron chi connectivity index (χ0n) is 15.3. The second-order valence-electron chi connectivity index (χ2n) is 6.76. The van der Waals surface area contributed by atoms with Gasteiger partial charge in [-0.2, -0.15) is 0 Å². The molecular weight excluding hydrogens is 347 g/mol. The van der Waals surface area contributed by atoms with E-state index in [4.69, 9.17) is 9.15 Å². The van der Waals surface area contributed by atoms with E-state index >= 15 is 0 Å². The number of ether oxygens (including phenoxy) is 1. The van der Waals surface area contributed by atoms with Crippen LogP contribution in [0.4, 0.5) is 10.2 Å². The molecule has 0 aliphatic carbocycles. The number of furan rings is 1. The highest BCUT2D eigenvalue weighted by atomic mass is 19.1. The van der Waals surface area contributed by atoms with E-state index in [1.807, 2.05) is 0 Å². The summed E-state index contributed by atoms with van der Waals surface area (Å²) in [6.45, 7) is 2.68. The monoisotopic (exact) mass is 370 g/mol. The van der Waals surface area contributed by atoms with Crippen LogP contribution in [0.15, 0.2) is 41.4 Å². The number of anilines is 1. The van der Waals surface area contributed by atoms with Crippen LogP contribution in [-0.4, -0.2) is 42.8 Å². The first-order chi connectivity index (χ1) is 13.3. The molecule has 0 spiro atoms. The van der Waals surface area contributed by atoms with Crippen molar-refractivity contribution >= 4 is 16.8 Å². The van der Waals surface area contributed by atoms with Gasteiger partial charge in [-0.15, -0.1) is 0 Å². The van der Waals surface area contributed by atoms with Gasteiger partial charge >= 0.3 is 0 Å². The van der Waals surface area contributed by atoms with Crippen LogP contribution in [0.1, 0.15) is 18.4 Å². The summed E-state index contributed by atoms with van der Waals surface area (Å²) in [5, 5.41) is 4.33. The van der Waals surface area contributed by atoms with Gasteiger partial charge in [-0.05, 0) is 43.0 Å². The van der Waals surface area contributed by atoms with Gasteiger partial charge in [-0.25, -0.2) is 14.4 Å². The van der Waals surface area contributed by atoms with Crippen molar-refractivity contribution in [1.82, 2.24) is 15.3 Å². The molecule has 3 heterocycles. The fourth-order valence-electron chi connectivity index (χ4n) is 3.74. The molecule has 1 saturated heterocycles. The predicted octanol–water partition coefficient (Wildman–Crippen LogP) is 3.17. The van der Waals surface area contributed by atoms with E-state index in [0.29, 0.717) is 11.8 Å². The summed E-state index contributed by atoms with van der Waals surface area (Å²) < 4.78 is 24.5. The Labute approximate surface area is 157 Å². The molecule has 4 rings (SSSR count). The molecular formula is C20H23FN4O2. The molecule has 27 heavy (non-hydrogen) atoms. The number of nitrogens with zero attached hydrogens (tertiary/aromatic N) is 3. The van der Waals surface area contributed by atoms with Crippen LogP contribution >= 0.6 is 0 Å². The van der Waals surface area contributed by atoms with Crippen molar-refractivity contribution in [2.75, 3.05) is 31.6 Å². The summed E-state index contributed by atoms with van der Waals surface area (Å²) in [5.41, 5.74) is 1.79. The number of fused-ring (bicyclic) bond motifs is 1. The fraction of sp³-hybridized carbons (Fsp3) is 0.400. The molecule has 1 N–H and O–H groups in total. The van der Waals surface area contributed by atoms with Crippen molar-refractivity contribution in [2.24, 2.45) is 0 Å². The molecule has 0 bridgehead atoms. The number of methoxy groups -OCH3 is 1. The molecule has 1 aliphatic rings. The van der Waals surface area contributed by atoms with Crippen molar-refractivity contribution in [3.63, 3.8) is 0 Å². The average Bonchev–Trinajstić information content (AvgIpc) is 3.10. The van der Waals surface area contributed by atoms with E-state index in [1.54, 1.807) is 38.0 Å². The minimum Gasteiger partial charge on any atom is -0.491 e. The molecule has 142 valence electrons. The van der Waals surface area contributed by atoms with Crippen LogP contribution in [0.2, 0.25) is 0 Å². The zero-order valence-corrected chi connectivity index (χ0v) is 15.3. The largest absolute Gasteiger partial charge is 0.491 e. The van der Waals surface area contributed by atoms with Gasteiger partial charge in [0, 0.05) is 31.1 Å². The number of aryl methyl sites for hydroxylation is 1. The number of hydrogen-bond donors (Lipinski definition) is 1. The summed E-state index contributed by atoms with van der Waals surface area (Å²) in [7, 11) is 1.64. The number of hydrogen-bond acceptors (Lipinski definition) is 6. The summed E-state index contributed by atoms with van der Waals surface area (Å²) in [6.07, 6.45) is 7.82. The first-order valence-electron chi connectivity index (χ1n) is 9.23. The van der Waals surface area contributed by atoms with Gasteiger partial charge in [0.2, 0.25) is 0 Å². The number of benzene rings is 1. The molecule has 1 unspecified atom stereocenters. The van der Waals surface area contributed by atoms with Gasteiger partial charge in [-0.3, -0.25) is 0 Å². The summed E-state index contributed by atoms with van der Waals surface area (Å²) >= 11 is 0. The molecule has 7 heteroatoms. The lowest BCUT2D eigenvalue weighted by Crippen LogP contribution is -2.51. The van der Waals surface area contributed by atoms with E-state index in [1.165, 1.54) is 6.07 Å². The van der Waals surface area contributed by atoms with Crippen molar-refractivity contribution in [1.29, 1.82) is 0 Å². The third-order valence-electron chi connectivity index (χ3n) is 5.10. The molecule has 1 aliphatic heterocycles. The molecule has 0 radical (unpaired) electrons. The number of aromatic nitrogens is 2. The Morgan fingerprint density at radius 3 is 3.22 bits per heavy atom. The summed E-state index contributed by atoms with van der Waals surface area (Å²) in [6, 6.07) is 4.98. The Kier molecular flexibility index (Phi) is 5.20. The lowest BCUT2D eigenvalue weighted by molar-refractivity contribution is 0.396. The number of rotatable bonds is 6. The third kappa shape index (κ3) is 3.73. The Balaban J connectivity index is 1.45. The SMILES string of the molecule is COc1cncnc1N1CCNCC1CCCc1coc2ccc(F)cc12. The van der Waals surface area contributed by atoms with Gasteiger partial charge in [0.15, 0.2) is 11.6 Å². The lowest BCUT2D eigenvalue weighted by atomic mass is 10.0. The molecule has 2 aromatic heterocycles. The summed E-state index contributed by atoms with van der Waals surface area (Å²) in [5.74, 6) is 1.30. The van der Waals surface area contributed by atoms with Crippen molar-refractivity contribution < 1.29 is 13.5 Å². The minimum atomic E-state index is -0.233. The van der Waals surface area contributed by atoms with E-state index in [-0.39, 0.29) is 5.82 Å². The number of halogens is 1. The van der Waals surface area contributed by atoms with Crippen LogP contribution in [0, 0.1) is 5.82 Å². The van der Waals surface area contributed by atoms with Crippen molar-refractivity contribution in [2.45, 2.75) is 25.3 Å². The van der Waals surface area contributed by atoms with Crippen LogP contribution in [-0.2, 0) is 6.42 Å². The molecule has 6 nitrogen and oxygen atoms in total. The maximum Gasteiger partial charge on any atom is 0.179 e. The normalized spacial score (nSPS) is 17.4. The van der Waals surface area contributed by atoms with Crippen molar-refractivity contribution in [3.05, 3.63) is 48.4 Å². The Morgan fingerprint density at radius 1 is 1.41 bits per heavy atom. The van der Waals surface area contributed by atoms with E-state index in [0.717, 1.165) is 61.2 Å². The van der Waals surface area contributed by atoms with Crippen LogP contribution in [0.3, 0.4) is 0 Å². The van der Waals surface area contributed by atoms with E-state index < -0.39 is 0 Å². The Bertz CT molecular complexity index is 914. The molecule has 0 saturated carbocycles. The van der Waals surface area contributed by atoms with Gasteiger partial charge < -0.3 is 19.4 Å². The quantitative estimate of drug-likeness (QED) is 0.719. The molecule has 3 aromatic rings. The first-order valence-corrected chi connectivity index (χ1v) is 9.23. The Morgan fingerprint density at radius 2 is 2.33 bits per heavy atom. The van der Waals surface area contributed by atoms with Gasteiger partial charge in [-0.1, -0.05) is 0 Å². The predicted molar refractivity (Wildman–Crippen MR) is 102 cm³/mol. The van der Waals surface area contributed by atoms with Gasteiger partial charge in [0.05, 0.1) is 19.6 Å². The average molecular weight is 370 g/mol. The van der Waals surface area contributed by atoms with Crippen LogP contribution in [0.5, 0.6) is 5.75 Å². The van der Waals surface area contributed by atoms with E-state index in [9.17, 15) is 4.39 Å². The topological polar surface area (TPSA) is 63.4 Å². The smallest absolute Gasteiger partial charge is 0.179 e. The van der Waals surface area contributed by atoms with Gasteiger partial charge in [0.25, 0.3) is 0 Å². The summed E-state index contributed by atoms with van der Waals surface area (Å²) in [4.78, 5) is 10.8. The molecule has 1 fully saturated rings. The number of piperazine rings is 1. The van der Waals surface area contributed by atoms with Gasteiger partial charge in [0.1, 0.15) is 17.7 Å². The highest BCUT2D eigenvalue weighted by molar-refractivity contribution is 5.81. The standard InChI is InChI=1S/C20H23FN4O2/c1-26-19-11-23-13-24-20(19)25-8-7-22-10-16(25)4-2-3-14-12-27-18-6-5-15(21)9-17(14)18/h5-6,9,11-13,16,22H,2-4,7-8,10H2,1H3. The molecule has 0 amide bonds. The Hall–Kier alpha value is -2.67. The van der Waals surface area contributed by atoms with Crippen LogP contribution < -0.4 is 15.0 Å². The highest BCUT2D eigenvalue weighted by Crippen LogP contribution is 2.28.